The number of amides is 1. The van der Waals surface area contributed by atoms with Gasteiger partial charge in [0, 0.05) is 21.6 Å². The number of rotatable bonds is 4. The molecule has 0 saturated carbocycles. The first-order valence-electron chi connectivity index (χ1n) is 5.64. The molecule has 2 rings (SSSR count). The normalized spacial score (nSPS) is 14.3. The highest BCUT2D eigenvalue weighted by molar-refractivity contribution is 8.14. The number of carbonyl (C=O) groups is 1. The molecule has 0 spiro atoms. The first-order valence-corrected chi connectivity index (χ1v) is 8.53. The number of halogens is 2. The third-order valence-electron chi connectivity index (χ3n) is 2.34. The van der Waals surface area contributed by atoms with Crippen LogP contribution in [0, 0.1) is 0 Å². The summed E-state index contributed by atoms with van der Waals surface area (Å²) in [6.07, 6.45) is 0. The van der Waals surface area contributed by atoms with E-state index in [1.54, 1.807) is 23.9 Å². The van der Waals surface area contributed by atoms with Gasteiger partial charge in [-0.2, -0.15) is 0 Å². The lowest BCUT2D eigenvalue weighted by molar-refractivity contribution is -0.117. The van der Waals surface area contributed by atoms with E-state index in [2.05, 4.69) is 10.3 Å². The summed E-state index contributed by atoms with van der Waals surface area (Å²) in [7, 11) is 0. The van der Waals surface area contributed by atoms with E-state index in [9.17, 15) is 4.79 Å². The van der Waals surface area contributed by atoms with Crippen molar-refractivity contribution in [2.24, 2.45) is 4.99 Å². The molecule has 0 bridgehead atoms. The molecule has 1 N–H and O–H groups in total. The monoisotopic (exact) mass is 334 g/mol. The zero-order chi connectivity index (χ0) is 13.7. The summed E-state index contributed by atoms with van der Waals surface area (Å²) in [4.78, 5) is 15.8. The summed E-state index contributed by atoms with van der Waals surface area (Å²) >= 11 is 15.0. The van der Waals surface area contributed by atoms with Gasteiger partial charge in [0.1, 0.15) is 0 Å². The predicted molar refractivity (Wildman–Crippen MR) is 85.5 cm³/mol. The standard InChI is InChI=1S/C12H12Cl2N2OS2/c13-9-2-1-8(10(14)5-9)6-18-7-11(17)16-12-15-3-4-19-12/h1-2,5H,3-4,6-7H2,(H,15,16,17). The lowest BCUT2D eigenvalue weighted by Crippen LogP contribution is -2.28. The van der Waals surface area contributed by atoms with Crippen LogP contribution >= 0.6 is 46.7 Å². The fourth-order valence-corrected chi connectivity index (χ4v) is 3.59. The van der Waals surface area contributed by atoms with E-state index in [0.29, 0.717) is 21.6 Å². The Morgan fingerprint density at radius 1 is 1.47 bits per heavy atom. The molecule has 19 heavy (non-hydrogen) atoms. The molecule has 1 amide bonds. The van der Waals surface area contributed by atoms with E-state index in [1.807, 2.05) is 6.07 Å². The molecule has 0 unspecified atom stereocenters. The molecule has 7 heteroatoms. The van der Waals surface area contributed by atoms with Crippen molar-refractivity contribution in [1.82, 2.24) is 5.32 Å². The van der Waals surface area contributed by atoms with Gasteiger partial charge in [0.25, 0.3) is 0 Å². The van der Waals surface area contributed by atoms with Crippen LogP contribution in [0.25, 0.3) is 0 Å². The van der Waals surface area contributed by atoms with Gasteiger partial charge in [-0.15, -0.1) is 11.8 Å². The summed E-state index contributed by atoms with van der Waals surface area (Å²) in [6.45, 7) is 0.786. The van der Waals surface area contributed by atoms with Crippen LogP contribution in [0.3, 0.4) is 0 Å². The highest BCUT2D eigenvalue weighted by Gasteiger charge is 2.11. The second-order valence-corrected chi connectivity index (χ2v) is 6.72. The van der Waals surface area contributed by atoms with Crippen molar-refractivity contribution in [3.63, 3.8) is 0 Å². The van der Waals surface area contributed by atoms with Gasteiger partial charge in [-0.25, -0.2) is 0 Å². The number of benzene rings is 1. The van der Waals surface area contributed by atoms with E-state index in [1.165, 1.54) is 11.8 Å². The van der Waals surface area contributed by atoms with Gasteiger partial charge in [0.05, 0.1) is 12.3 Å². The maximum Gasteiger partial charge on any atom is 0.235 e. The average Bonchev–Trinajstić information content (AvgIpc) is 2.84. The second-order valence-electron chi connectivity index (χ2n) is 3.81. The minimum absolute atomic E-state index is 0.0248. The minimum Gasteiger partial charge on any atom is -0.305 e. The summed E-state index contributed by atoms with van der Waals surface area (Å²) in [5, 5.41) is 4.77. The SMILES string of the molecule is O=C(CSCc1ccc(Cl)cc1Cl)NC1=NCCS1. The van der Waals surface area contributed by atoms with Gasteiger partial charge in [-0.1, -0.05) is 41.0 Å². The molecular weight excluding hydrogens is 323 g/mol. The largest absolute Gasteiger partial charge is 0.305 e. The summed E-state index contributed by atoms with van der Waals surface area (Å²) < 4.78 is 0. The summed E-state index contributed by atoms with van der Waals surface area (Å²) in [6, 6.07) is 5.39. The van der Waals surface area contributed by atoms with Gasteiger partial charge in [-0.05, 0) is 17.7 Å². The molecule has 0 aliphatic carbocycles. The maximum absolute atomic E-state index is 11.6. The molecular formula is C12H12Cl2N2OS2. The number of nitrogens with zero attached hydrogens (tertiary/aromatic N) is 1. The maximum atomic E-state index is 11.6. The minimum atomic E-state index is -0.0248. The van der Waals surface area contributed by atoms with Gasteiger partial charge in [0.2, 0.25) is 5.91 Å². The highest BCUT2D eigenvalue weighted by atomic mass is 35.5. The van der Waals surface area contributed by atoms with Gasteiger partial charge < -0.3 is 5.32 Å². The van der Waals surface area contributed by atoms with E-state index >= 15 is 0 Å². The molecule has 1 aliphatic heterocycles. The first kappa shape index (κ1) is 15.0. The number of amidine groups is 1. The Morgan fingerprint density at radius 2 is 2.32 bits per heavy atom. The van der Waals surface area contributed by atoms with Crippen LogP contribution in [0.1, 0.15) is 5.56 Å². The van der Waals surface area contributed by atoms with Crippen LogP contribution in [0.5, 0.6) is 0 Å². The van der Waals surface area contributed by atoms with Crippen molar-refractivity contribution in [3.05, 3.63) is 33.8 Å². The molecule has 0 radical (unpaired) electrons. The zero-order valence-electron chi connectivity index (χ0n) is 9.99. The van der Waals surface area contributed by atoms with Crippen LogP contribution in [0.4, 0.5) is 0 Å². The van der Waals surface area contributed by atoms with Crippen molar-refractivity contribution in [1.29, 1.82) is 0 Å². The molecule has 0 fully saturated rings. The van der Waals surface area contributed by atoms with E-state index < -0.39 is 0 Å². The molecule has 3 nitrogen and oxygen atoms in total. The van der Waals surface area contributed by atoms with Crippen LogP contribution < -0.4 is 5.32 Å². The molecule has 1 aromatic rings. The second kappa shape index (κ2) is 7.43. The number of hydrogen-bond donors (Lipinski definition) is 1. The van der Waals surface area contributed by atoms with Crippen molar-refractivity contribution in [3.8, 4) is 0 Å². The smallest absolute Gasteiger partial charge is 0.235 e. The van der Waals surface area contributed by atoms with E-state index in [4.69, 9.17) is 23.2 Å². The Kier molecular flexibility index (Phi) is 5.88. The van der Waals surface area contributed by atoms with Crippen molar-refractivity contribution >= 4 is 57.8 Å². The van der Waals surface area contributed by atoms with Crippen LogP contribution in [0.2, 0.25) is 10.0 Å². The highest BCUT2D eigenvalue weighted by Crippen LogP contribution is 2.24. The third kappa shape index (κ3) is 4.91. The molecule has 102 valence electrons. The van der Waals surface area contributed by atoms with Gasteiger partial charge in [0.15, 0.2) is 5.17 Å². The third-order valence-corrected chi connectivity index (χ3v) is 4.80. The van der Waals surface area contributed by atoms with Crippen LogP contribution in [0.15, 0.2) is 23.2 Å². The molecule has 0 aromatic heterocycles. The Morgan fingerprint density at radius 3 is 3.00 bits per heavy atom. The number of aliphatic imine (C=N–C) groups is 1. The number of nitrogens with one attached hydrogen (secondary N) is 1. The summed E-state index contributed by atoms with van der Waals surface area (Å²) in [5.74, 6) is 1.99. The fourth-order valence-electron chi connectivity index (χ4n) is 1.46. The lowest BCUT2D eigenvalue weighted by atomic mass is 10.2. The molecule has 0 atom stereocenters. The molecule has 0 saturated heterocycles. The Hall–Kier alpha value is -0.360. The molecule has 1 aliphatic rings. The van der Waals surface area contributed by atoms with Crippen molar-refractivity contribution in [2.75, 3.05) is 18.1 Å². The lowest BCUT2D eigenvalue weighted by Gasteiger charge is -2.05. The topological polar surface area (TPSA) is 41.5 Å². The van der Waals surface area contributed by atoms with Crippen LogP contribution in [-0.4, -0.2) is 29.1 Å². The van der Waals surface area contributed by atoms with E-state index in [0.717, 1.165) is 23.0 Å². The Bertz CT molecular complexity index is 509. The number of carbonyl (C=O) groups excluding carboxylic acids is 1. The van der Waals surface area contributed by atoms with Gasteiger partial charge >= 0.3 is 0 Å². The average molecular weight is 335 g/mol. The molecule has 1 heterocycles. The van der Waals surface area contributed by atoms with Gasteiger partial charge in [-0.3, -0.25) is 9.79 Å². The van der Waals surface area contributed by atoms with Crippen molar-refractivity contribution < 1.29 is 4.79 Å². The van der Waals surface area contributed by atoms with Crippen molar-refractivity contribution in [2.45, 2.75) is 5.75 Å². The first-order chi connectivity index (χ1) is 9.15. The Balaban J connectivity index is 1.75. The summed E-state index contributed by atoms with van der Waals surface area (Å²) in [5.41, 5.74) is 0.983. The van der Waals surface area contributed by atoms with E-state index in [-0.39, 0.29) is 5.91 Å². The van der Waals surface area contributed by atoms with Crippen LogP contribution in [-0.2, 0) is 10.5 Å². The predicted octanol–water partition coefficient (Wildman–Crippen LogP) is 3.45. The number of thioether (sulfide) groups is 2. The quantitative estimate of drug-likeness (QED) is 0.916. The Labute approximate surface area is 130 Å². The zero-order valence-corrected chi connectivity index (χ0v) is 13.1. The molecule has 1 aromatic carbocycles. The number of hydrogen-bond acceptors (Lipinski definition) is 4. The fraction of sp³-hybridized carbons (Fsp3) is 0.333.